The summed E-state index contributed by atoms with van der Waals surface area (Å²) < 4.78 is 0. The van der Waals surface area contributed by atoms with Crippen LogP contribution in [0.3, 0.4) is 0 Å². The van der Waals surface area contributed by atoms with Gasteiger partial charge in [0.25, 0.3) is 17.5 Å². The van der Waals surface area contributed by atoms with Crippen LogP contribution in [-0.4, -0.2) is 40.1 Å². The van der Waals surface area contributed by atoms with Crippen LogP contribution in [0.2, 0.25) is 0 Å². The van der Waals surface area contributed by atoms with Crippen LogP contribution in [0.15, 0.2) is 78.9 Å². The maximum absolute atomic E-state index is 13.5. The van der Waals surface area contributed by atoms with E-state index in [2.05, 4.69) is 0 Å². The van der Waals surface area contributed by atoms with Crippen LogP contribution in [0.1, 0.15) is 27.9 Å². The van der Waals surface area contributed by atoms with Gasteiger partial charge in [-0.1, -0.05) is 36.4 Å². The highest BCUT2D eigenvalue weighted by atomic mass is 16.6. The van der Waals surface area contributed by atoms with Gasteiger partial charge in [-0.15, -0.1) is 0 Å². The average Bonchev–Trinajstić information content (AvgIpc) is 3.18. The van der Waals surface area contributed by atoms with Gasteiger partial charge in [0, 0.05) is 24.2 Å². The van der Waals surface area contributed by atoms with Crippen LogP contribution in [0.25, 0.3) is 0 Å². The highest BCUT2D eigenvalue weighted by Crippen LogP contribution is 2.28. The van der Waals surface area contributed by atoms with Gasteiger partial charge < -0.3 is 4.90 Å². The number of amides is 3. The van der Waals surface area contributed by atoms with Gasteiger partial charge in [0.15, 0.2) is 0 Å². The number of carbonyl (C=O) groups excluding carboxylic acids is 3. The van der Waals surface area contributed by atoms with Crippen molar-refractivity contribution in [1.82, 2.24) is 4.90 Å². The predicted molar refractivity (Wildman–Crippen MR) is 126 cm³/mol. The van der Waals surface area contributed by atoms with Gasteiger partial charge in [-0.2, -0.15) is 5.26 Å². The molecule has 174 valence electrons. The van der Waals surface area contributed by atoms with Crippen LogP contribution in [0.5, 0.6) is 0 Å². The Labute approximate surface area is 201 Å². The summed E-state index contributed by atoms with van der Waals surface area (Å²) in [6, 6.07) is 21.6. The first-order valence-corrected chi connectivity index (χ1v) is 10.9. The van der Waals surface area contributed by atoms with E-state index < -0.39 is 28.7 Å². The van der Waals surface area contributed by atoms with Crippen LogP contribution in [-0.2, 0) is 16.0 Å². The number of anilines is 1. The van der Waals surface area contributed by atoms with Crippen molar-refractivity contribution >= 4 is 29.1 Å². The Morgan fingerprint density at radius 1 is 1.06 bits per heavy atom. The minimum atomic E-state index is -1.06. The molecule has 3 aromatic carbocycles. The zero-order chi connectivity index (χ0) is 24.9. The van der Waals surface area contributed by atoms with Crippen molar-refractivity contribution in [1.29, 1.82) is 5.26 Å². The van der Waals surface area contributed by atoms with Crippen molar-refractivity contribution < 1.29 is 19.3 Å². The number of carbonyl (C=O) groups is 3. The number of non-ortho nitro benzene ring substituents is 1. The quantitative estimate of drug-likeness (QED) is 0.297. The van der Waals surface area contributed by atoms with Crippen molar-refractivity contribution in [2.75, 3.05) is 11.4 Å². The molecule has 0 aliphatic carbocycles. The Hall–Kier alpha value is -4.84. The predicted octanol–water partition coefficient (Wildman–Crippen LogP) is 3.48. The van der Waals surface area contributed by atoms with E-state index in [1.807, 2.05) is 36.4 Å². The molecule has 0 radical (unpaired) electrons. The summed E-state index contributed by atoms with van der Waals surface area (Å²) in [6.07, 6.45) is 0.213. The maximum atomic E-state index is 13.5. The van der Waals surface area contributed by atoms with E-state index in [1.54, 1.807) is 0 Å². The number of benzene rings is 3. The molecule has 1 unspecified atom stereocenters. The molecule has 3 aromatic rings. The summed E-state index contributed by atoms with van der Waals surface area (Å²) in [5.41, 5.74) is 1.45. The Kier molecular flexibility index (Phi) is 6.64. The molecule has 9 nitrogen and oxygen atoms in total. The molecule has 0 aromatic heterocycles. The molecular weight excluding hydrogens is 448 g/mol. The third-order valence-electron chi connectivity index (χ3n) is 5.80. The van der Waals surface area contributed by atoms with Crippen molar-refractivity contribution in [3.05, 3.63) is 106 Å². The van der Waals surface area contributed by atoms with Gasteiger partial charge in [-0.05, 0) is 42.3 Å². The molecule has 0 N–H and O–H groups in total. The van der Waals surface area contributed by atoms with E-state index >= 15 is 0 Å². The van der Waals surface area contributed by atoms with Crippen LogP contribution >= 0.6 is 0 Å². The lowest BCUT2D eigenvalue weighted by molar-refractivity contribution is -0.384. The Bertz CT molecular complexity index is 1330. The van der Waals surface area contributed by atoms with Crippen LogP contribution < -0.4 is 4.90 Å². The fourth-order valence-electron chi connectivity index (χ4n) is 4.03. The van der Waals surface area contributed by atoms with E-state index in [1.165, 1.54) is 47.4 Å². The molecule has 1 aliphatic heterocycles. The summed E-state index contributed by atoms with van der Waals surface area (Å²) in [6.45, 7) is 0.135. The summed E-state index contributed by atoms with van der Waals surface area (Å²) >= 11 is 0. The van der Waals surface area contributed by atoms with Gasteiger partial charge in [-0.25, -0.2) is 4.90 Å². The monoisotopic (exact) mass is 468 g/mol. The van der Waals surface area contributed by atoms with Gasteiger partial charge in [0.2, 0.25) is 5.91 Å². The standard InChI is InChI=1S/C26H20N4O5/c27-17-19-9-11-21(12-10-19)29-24(31)16-23(26(29)33)28(14-13-18-5-2-1-3-6-18)25(32)20-7-4-8-22(15-20)30(34)35/h1-12,15,23H,13-14,16H2. The van der Waals surface area contributed by atoms with E-state index in [0.29, 0.717) is 17.7 Å². The number of nitro benzene ring substituents is 1. The summed E-state index contributed by atoms with van der Waals surface area (Å²) in [5.74, 6) is -1.61. The normalized spacial score (nSPS) is 15.1. The molecule has 1 saturated heterocycles. The number of imide groups is 1. The topological polar surface area (TPSA) is 125 Å². The maximum Gasteiger partial charge on any atom is 0.270 e. The highest BCUT2D eigenvalue weighted by Gasteiger charge is 2.44. The van der Waals surface area contributed by atoms with E-state index in [0.717, 1.165) is 16.5 Å². The molecule has 1 aliphatic rings. The van der Waals surface area contributed by atoms with Gasteiger partial charge in [-0.3, -0.25) is 24.5 Å². The first-order chi connectivity index (χ1) is 16.9. The van der Waals surface area contributed by atoms with Crippen molar-refractivity contribution in [2.45, 2.75) is 18.9 Å². The zero-order valence-corrected chi connectivity index (χ0v) is 18.5. The van der Waals surface area contributed by atoms with Crippen molar-refractivity contribution in [2.24, 2.45) is 0 Å². The molecule has 3 amide bonds. The second kappa shape index (κ2) is 9.97. The van der Waals surface area contributed by atoms with Crippen LogP contribution in [0, 0.1) is 21.4 Å². The molecule has 1 atom stereocenters. The summed E-state index contributed by atoms with van der Waals surface area (Å²) in [5, 5.41) is 20.2. The van der Waals surface area contributed by atoms with Crippen molar-refractivity contribution in [3.8, 4) is 6.07 Å². The first-order valence-electron chi connectivity index (χ1n) is 10.9. The second-order valence-corrected chi connectivity index (χ2v) is 7.99. The molecule has 9 heteroatoms. The fraction of sp³-hybridized carbons (Fsp3) is 0.154. The summed E-state index contributed by atoms with van der Waals surface area (Å²) in [4.78, 5) is 52.7. The third kappa shape index (κ3) is 4.91. The molecule has 1 heterocycles. The molecule has 0 saturated carbocycles. The number of nitrogens with zero attached hydrogens (tertiary/aromatic N) is 4. The second-order valence-electron chi connectivity index (χ2n) is 7.99. The largest absolute Gasteiger partial charge is 0.326 e. The number of hydrogen-bond acceptors (Lipinski definition) is 6. The Morgan fingerprint density at radius 3 is 2.43 bits per heavy atom. The van der Waals surface area contributed by atoms with Gasteiger partial charge in [0.05, 0.1) is 28.7 Å². The number of rotatable bonds is 7. The third-order valence-corrected chi connectivity index (χ3v) is 5.80. The molecule has 35 heavy (non-hydrogen) atoms. The number of hydrogen-bond donors (Lipinski definition) is 0. The van der Waals surface area contributed by atoms with Gasteiger partial charge >= 0.3 is 0 Å². The smallest absolute Gasteiger partial charge is 0.270 e. The summed E-state index contributed by atoms with van der Waals surface area (Å²) in [7, 11) is 0. The van der Waals surface area contributed by atoms with E-state index in [9.17, 15) is 24.5 Å². The molecular formula is C26H20N4O5. The first kappa shape index (κ1) is 23.3. The number of nitriles is 1. The SMILES string of the molecule is N#Cc1ccc(N2C(=O)CC(N(CCc3ccccc3)C(=O)c3cccc([N+](=O)[O-])c3)C2=O)cc1. The Balaban J connectivity index is 1.66. The molecule has 1 fully saturated rings. The number of nitro groups is 1. The van der Waals surface area contributed by atoms with Crippen LogP contribution in [0.4, 0.5) is 11.4 Å². The molecule has 4 rings (SSSR count). The Morgan fingerprint density at radius 2 is 1.77 bits per heavy atom. The fourth-order valence-corrected chi connectivity index (χ4v) is 4.03. The molecule has 0 spiro atoms. The molecule has 0 bridgehead atoms. The highest BCUT2D eigenvalue weighted by molar-refractivity contribution is 6.23. The zero-order valence-electron chi connectivity index (χ0n) is 18.5. The lowest BCUT2D eigenvalue weighted by Crippen LogP contribution is -2.46. The minimum absolute atomic E-state index is 0.0596. The van der Waals surface area contributed by atoms with Gasteiger partial charge in [0.1, 0.15) is 6.04 Å². The average molecular weight is 468 g/mol. The lowest BCUT2D eigenvalue weighted by atomic mass is 10.1. The lowest BCUT2D eigenvalue weighted by Gasteiger charge is -2.28. The van der Waals surface area contributed by atoms with E-state index in [-0.39, 0.29) is 24.2 Å². The minimum Gasteiger partial charge on any atom is -0.326 e. The van der Waals surface area contributed by atoms with E-state index in [4.69, 9.17) is 5.26 Å². The van der Waals surface area contributed by atoms with Crippen molar-refractivity contribution in [3.63, 3.8) is 0 Å².